The second-order valence-electron chi connectivity index (χ2n) is 6.64. The normalized spacial score (nSPS) is 10.7. The van der Waals surface area contributed by atoms with Crippen molar-refractivity contribution in [2.45, 2.75) is 0 Å². The van der Waals surface area contributed by atoms with Gasteiger partial charge in [0, 0.05) is 28.2 Å². The van der Waals surface area contributed by atoms with Gasteiger partial charge in [0.1, 0.15) is 11.3 Å². The summed E-state index contributed by atoms with van der Waals surface area (Å²) in [5.41, 5.74) is 0.871. The van der Waals surface area contributed by atoms with Crippen LogP contribution in [-0.4, -0.2) is 16.7 Å². The molecule has 0 saturated heterocycles. The summed E-state index contributed by atoms with van der Waals surface area (Å²) in [6.07, 6.45) is 0. The van der Waals surface area contributed by atoms with Crippen LogP contribution in [0, 0.1) is 10.1 Å². The molecule has 0 bridgehead atoms. The summed E-state index contributed by atoms with van der Waals surface area (Å²) in [5.74, 6) is -1.37. The Labute approximate surface area is 190 Å². The second-order valence-corrected chi connectivity index (χ2v) is 7.48. The van der Waals surface area contributed by atoms with Crippen LogP contribution in [0.2, 0.25) is 10.0 Å². The molecule has 4 rings (SSSR count). The molecule has 160 valence electrons. The van der Waals surface area contributed by atoms with Crippen LogP contribution in [-0.2, 0) is 0 Å². The lowest BCUT2D eigenvalue weighted by atomic mass is 10.1. The van der Waals surface area contributed by atoms with Crippen molar-refractivity contribution in [2.75, 3.05) is 10.6 Å². The van der Waals surface area contributed by atoms with Gasteiger partial charge in [-0.15, -0.1) is 0 Å². The lowest BCUT2D eigenvalue weighted by Gasteiger charge is -2.09. The third kappa shape index (κ3) is 4.27. The van der Waals surface area contributed by atoms with Gasteiger partial charge in [-0.2, -0.15) is 0 Å². The molecule has 0 spiro atoms. The quantitative estimate of drug-likeness (QED) is 0.268. The topological polar surface area (TPSA) is 114 Å². The molecule has 4 aromatic rings. The Balaban J connectivity index is 1.68. The molecule has 0 atom stereocenters. The summed E-state index contributed by atoms with van der Waals surface area (Å²) in [4.78, 5) is 36.1. The Morgan fingerprint density at radius 1 is 0.906 bits per heavy atom. The van der Waals surface area contributed by atoms with E-state index in [1.165, 1.54) is 36.4 Å². The number of nitro groups is 1. The number of benzene rings is 3. The second kappa shape index (κ2) is 8.70. The summed E-state index contributed by atoms with van der Waals surface area (Å²) >= 11 is 12.1. The van der Waals surface area contributed by atoms with Crippen LogP contribution in [0.1, 0.15) is 20.9 Å². The molecule has 2 amide bonds. The molecule has 2 N–H and O–H groups in total. The molecule has 1 heterocycles. The van der Waals surface area contributed by atoms with E-state index < -0.39 is 16.7 Å². The monoisotopic (exact) mass is 469 g/mol. The van der Waals surface area contributed by atoms with Crippen molar-refractivity contribution < 1.29 is 18.9 Å². The maximum Gasteiger partial charge on any atom is 0.293 e. The van der Waals surface area contributed by atoms with Crippen LogP contribution in [0.25, 0.3) is 11.0 Å². The van der Waals surface area contributed by atoms with Gasteiger partial charge in [0.2, 0.25) is 5.76 Å². The van der Waals surface area contributed by atoms with E-state index in [0.29, 0.717) is 21.7 Å². The number of furan rings is 1. The standard InChI is InChI=1S/C22H13Cl2N3O5/c23-12-5-10-17(24)16(11-12)21(28)26-19-15-3-1-2-4-18(15)32-20(19)22(29)25-13-6-8-14(9-7-13)27(30)31/h1-11H,(H,25,29)(H,26,28). The van der Waals surface area contributed by atoms with Gasteiger partial charge in [-0.1, -0.05) is 35.3 Å². The summed E-state index contributed by atoms with van der Waals surface area (Å²) in [7, 11) is 0. The summed E-state index contributed by atoms with van der Waals surface area (Å²) in [6.45, 7) is 0. The highest BCUT2D eigenvalue weighted by molar-refractivity contribution is 6.36. The molecule has 8 nitrogen and oxygen atoms in total. The number of nitrogens with zero attached hydrogens (tertiary/aromatic N) is 1. The molecule has 0 fully saturated rings. The number of amides is 2. The fourth-order valence-electron chi connectivity index (χ4n) is 3.04. The number of non-ortho nitro benzene ring substituents is 1. The summed E-state index contributed by atoms with van der Waals surface area (Å²) in [5, 5.41) is 17.1. The van der Waals surface area contributed by atoms with Crippen LogP contribution < -0.4 is 10.6 Å². The minimum Gasteiger partial charge on any atom is -0.449 e. The number of nitrogens with one attached hydrogen (secondary N) is 2. The minimum atomic E-state index is -0.650. The predicted octanol–water partition coefficient (Wildman–Crippen LogP) is 6.15. The number of para-hydroxylation sites is 1. The molecule has 0 unspecified atom stereocenters. The Hall–Kier alpha value is -3.88. The number of nitro benzene ring substituents is 1. The third-order valence-electron chi connectivity index (χ3n) is 4.55. The molecule has 3 aromatic carbocycles. The first-order valence-electron chi connectivity index (χ1n) is 9.17. The van der Waals surface area contributed by atoms with Gasteiger partial charge in [-0.3, -0.25) is 19.7 Å². The van der Waals surface area contributed by atoms with E-state index in [0.717, 1.165) is 0 Å². The van der Waals surface area contributed by atoms with Crippen molar-refractivity contribution in [2.24, 2.45) is 0 Å². The van der Waals surface area contributed by atoms with E-state index in [9.17, 15) is 19.7 Å². The van der Waals surface area contributed by atoms with Gasteiger partial charge in [-0.25, -0.2) is 0 Å². The van der Waals surface area contributed by atoms with Crippen LogP contribution in [0.5, 0.6) is 0 Å². The molecule has 0 radical (unpaired) electrons. The number of anilines is 2. The fraction of sp³-hybridized carbons (Fsp3) is 0. The van der Waals surface area contributed by atoms with Crippen molar-refractivity contribution in [3.63, 3.8) is 0 Å². The Kier molecular flexibility index (Phi) is 5.81. The number of rotatable bonds is 5. The zero-order chi connectivity index (χ0) is 22.8. The van der Waals surface area contributed by atoms with Crippen molar-refractivity contribution in [1.29, 1.82) is 0 Å². The van der Waals surface area contributed by atoms with E-state index in [2.05, 4.69) is 10.6 Å². The van der Waals surface area contributed by atoms with E-state index in [-0.39, 0.29) is 27.7 Å². The van der Waals surface area contributed by atoms with Gasteiger partial charge in [0.25, 0.3) is 17.5 Å². The van der Waals surface area contributed by atoms with Crippen LogP contribution in [0.4, 0.5) is 17.1 Å². The van der Waals surface area contributed by atoms with Gasteiger partial charge in [0.15, 0.2) is 0 Å². The lowest BCUT2D eigenvalue weighted by Crippen LogP contribution is -2.17. The molecule has 0 aliphatic heterocycles. The van der Waals surface area contributed by atoms with Gasteiger partial charge in [0.05, 0.1) is 15.5 Å². The van der Waals surface area contributed by atoms with Gasteiger partial charge < -0.3 is 15.1 Å². The lowest BCUT2D eigenvalue weighted by molar-refractivity contribution is -0.384. The maximum atomic E-state index is 12.9. The zero-order valence-corrected chi connectivity index (χ0v) is 17.6. The van der Waals surface area contributed by atoms with Crippen LogP contribution >= 0.6 is 23.2 Å². The minimum absolute atomic E-state index is 0.113. The van der Waals surface area contributed by atoms with E-state index in [4.69, 9.17) is 27.6 Å². The fourth-order valence-corrected chi connectivity index (χ4v) is 3.41. The number of carbonyl (C=O) groups excluding carboxylic acids is 2. The maximum absolute atomic E-state index is 12.9. The number of fused-ring (bicyclic) bond motifs is 1. The Bertz CT molecular complexity index is 1370. The van der Waals surface area contributed by atoms with Crippen molar-refractivity contribution in [1.82, 2.24) is 0 Å². The highest BCUT2D eigenvalue weighted by Crippen LogP contribution is 2.33. The van der Waals surface area contributed by atoms with Gasteiger partial charge >= 0.3 is 0 Å². The molecular formula is C22H13Cl2N3O5. The first kappa shape index (κ1) is 21.4. The molecule has 0 aliphatic rings. The zero-order valence-electron chi connectivity index (χ0n) is 16.1. The van der Waals surface area contributed by atoms with Crippen LogP contribution in [0.3, 0.4) is 0 Å². The smallest absolute Gasteiger partial charge is 0.293 e. The molecule has 10 heteroatoms. The number of carbonyl (C=O) groups is 2. The van der Waals surface area contributed by atoms with E-state index in [1.807, 2.05) is 0 Å². The average Bonchev–Trinajstić information content (AvgIpc) is 3.14. The molecule has 0 saturated carbocycles. The molecular weight excluding hydrogens is 457 g/mol. The van der Waals surface area contributed by atoms with Crippen molar-refractivity contribution >= 4 is 63.0 Å². The van der Waals surface area contributed by atoms with Crippen molar-refractivity contribution in [3.8, 4) is 0 Å². The van der Waals surface area contributed by atoms with Gasteiger partial charge in [-0.05, 0) is 42.5 Å². The highest BCUT2D eigenvalue weighted by Gasteiger charge is 2.24. The first-order valence-corrected chi connectivity index (χ1v) is 9.93. The number of hydrogen-bond donors (Lipinski definition) is 2. The summed E-state index contributed by atoms with van der Waals surface area (Å²) in [6, 6.07) is 16.6. The largest absolute Gasteiger partial charge is 0.449 e. The van der Waals surface area contributed by atoms with Crippen LogP contribution in [0.15, 0.2) is 71.1 Å². The average molecular weight is 470 g/mol. The Morgan fingerprint density at radius 3 is 2.34 bits per heavy atom. The SMILES string of the molecule is O=C(Nc1c(C(=O)Nc2ccc([N+](=O)[O-])cc2)oc2ccccc12)c1cc(Cl)ccc1Cl. The molecule has 32 heavy (non-hydrogen) atoms. The predicted molar refractivity (Wildman–Crippen MR) is 122 cm³/mol. The van der Waals surface area contributed by atoms with E-state index in [1.54, 1.807) is 30.3 Å². The first-order chi connectivity index (χ1) is 15.3. The van der Waals surface area contributed by atoms with E-state index >= 15 is 0 Å². The number of halogens is 2. The molecule has 1 aromatic heterocycles. The Morgan fingerprint density at radius 2 is 1.62 bits per heavy atom. The third-order valence-corrected chi connectivity index (χ3v) is 5.11. The number of hydrogen-bond acceptors (Lipinski definition) is 5. The summed E-state index contributed by atoms with van der Waals surface area (Å²) < 4.78 is 5.69. The highest BCUT2D eigenvalue weighted by atomic mass is 35.5. The van der Waals surface area contributed by atoms with Crippen molar-refractivity contribution in [3.05, 3.63) is 98.2 Å². The molecule has 0 aliphatic carbocycles.